The molecular formula is C25H32N6O. The molecule has 0 N–H and O–H groups in total. The van der Waals surface area contributed by atoms with Crippen molar-refractivity contribution >= 4 is 11.5 Å². The summed E-state index contributed by atoms with van der Waals surface area (Å²) in [6.07, 6.45) is 4.41. The molecule has 1 aromatic carbocycles. The molecule has 32 heavy (non-hydrogen) atoms. The lowest BCUT2D eigenvalue weighted by atomic mass is 10.0. The number of hydrogen-bond acceptors (Lipinski definition) is 7. The number of rotatable bonds is 5. The number of benzene rings is 1. The first-order valence-electron chi connectivity index (χ1n) is 11.7. The van der Waals surface area contributed by atoms with E-state index in [9.17, 15) is 0 Å². The maximum atomic E-state index is 5.56. The Bertz CT molecular complexity index is 1020. The van der Waals surface area contributed by atoms with Gasteiger partial charge in [-0.15, -0.1) is 0 Å². The molecular weight excluding hydrogens is 400 g/mol. The highest BCUT2D eigenvalue weighted by Crippen LogP contribution is 2.24. The number of hydrogen-bond donors (Lipinski definition) is 0. The molecule has 2 aliphatic heterocycles. The minimum atomic E-state index is 0.615. The van der Waals surface area contributed by atoms with Gasteiger partial charge in [-0.2, -0.15) is 4.98 Å². The lowest BCUT2D eigenvalue weighted by molar-refractivity contribution is 0.215. The standard InChI is InChI=1S/C25H32N6O/c1-19-6-5-11-31(17-19)23-10-9-21(16-26-23)25-27-24(32-28-25)18-29-12-14-30(15-13-29)22-8-4-3-7-20(22)2/h3-4,7-10,16,19H,5-6,11-15,17-18H2,1-2H3. The van der Waals surface area contributed by atoms with Gasteiger partial charge in [-0.25, -0.2) is 4.98 Å². The number of nitrogens with zero attached hydrogens (tertiary/aromatic N) is 6. The van der Waals surface area contributed by atoms with E-state index in [0.29, 0.717) is 18.3 Å². The summed E-state index contributed by atoms with van der Waals surface area (Å²) in [5.41, 5.74) is 3.57. The highest BCUT2D eigenvalue weighted by atomic mass is 16.5. The molecule has 168 valence electrons. The van der Waals surface area contributed by atoms with Crippen LogP contribution in [0.1, 0.15) is 31.2 Å². The van der Waals surface area contributed by atoms with E-state index in [-0.39, 0.29) is 0 Å². The van der Waals surface area contributed by atoms with Gasteiger partial charge < -0.3 is 14.3 Å². The van der Waals surface area contributed by atoms with Gasteiger partial charge in [0.15, 0.2) is 0 Å². The Morgan fingerprint density at radius 3 is 2.59 bits per heavy atom. The molecule has 0 saturated carbocycles. The summed E-state index contributed by atoms with van der Waals surface area (Å²) in [7, 11) is 0. The van der Waals surface area contributed by atoms with Gasteiger partial charge in [0.25, 0.3) is 0 Å². The molecule has 5 rings (SSSR count). The molecule has 0 bridgehead atoms. The Hall–Kier alpha value is -2.93. The second-order valence-electron chi connectivity index (χ2n) is 9.16. The van der Waals surface area contributed by atoms with E-state index >= 15 is 0 Å². The molecule has 7 nitrogen and oxygen atoms in total. The van der Waals surface area contributed by atoms with Gasteiger partial charge in [0.2, 0.25) is 11.7 Å². The van der Waals surface area contributed by atoms with Crippen molar-refractivity contribution in [2.45, 2.75) is 33.2 Å². The molecule has 0 radical (unpaired) electrons. The van der Waals surface area contributed by atoms with Gasteiger partial charge in [0.05, 0.1) is 6.54 Å². The zero-order valence-corrected chi connectivity index (χ0v) is 19.1. The molecule has 0 amide bonds. The fourth-order valence-corrected chi connectivity index (χ4v) is 4.80. The highest BCUT2D eigenvalue weighted by Gasteiger charge is 2.21. The van der Waals surface area contributed by atoms with Crippen molar-refractivity contribution in [1.82, 2.24) is 20.0 Å². The lowest BCUT2D eigenvalue weighted by Gasteiger charge is -2.36. The predicted molar refractivity (Wildman–Crippen MR) is 127 cm³/mol. The van der Waals surface area contributed by atoms with E-state index in [2.05, 4.69) is 80.1 Å². The van der Waals surface area contributed by atoms with Crippen LogP contribution in [0.15, 0.2) is 47.1 Å². The van der Waals surface area contributed by atoms with Crippen LogP contribution in [-0.2, 0) is 6.54 Å². The van der Waals surface area contributed by atoms with Gasteiger partial charge in [-0.05, 0) is 49.4 Å². The smallest absolute Gasteiger partial charge is 0.241 e. The van der Waals surface area contributed by atoms with Gasteiger partial charge in [-0.1, -0.05) is 30.3 Å². The van der Waals surface area contributed by atoms with Crippen LogP contribution in [0.4, 0.5) is 11.5 Å². The number of piperazine rings is 1. The van der Waals surface area contributed by atoms with Crippen molar-refractivity contribution in [3.8, 4) is 11.4 Å². The van der Waals surface area contributed by atoms with Crippen molar-refractivity contribution in [2.75, 3.05) is 49.1 Å². The third-order valence-corrected chi connectivity index (χ3v) is 6.64. The number of pyridine rings is 1. The summed E-state index contributed by atoms with van der Waals surface area (Å²) in [5, 5.41) is 4.20. The summed E-state index contributed by atoms with van der Waals surface area (Å²) < 4.78 is 5.56. The van der Waals surface area contributed by atoms with Gasteiger partial charge >= 0.3 is 0 Å². The molecule has 2 saturated heterocycles. The summed E-state index contributed by atoms with van der Waals surface area (Å²) in [6, 6.07) is 12.7. The van der Waals surface area contributed by atoms with E-state index in [1.54, 1.807) is 0 Å². The lowest BCUT2D eigenvalue weighted by Crippen LogP contribution is -2.46. The molecule has 1 unspecified atom stereocenters. The molecule has 1 atom stereocenters. The van der Waals surface area contributed by atoms with E-state index < -0.39 is 0 Å². The van der Waals surface area contributed by atoms with Crippen LogP contribution in [0.5, 0.6) is 0 Å². The molecule has 7 heteroatoms. The van der Waals surface area contributed by atoms with Crippen LogP contribution in [-0.4, -0.2) is 59.3 Å². The largest absolute Gasteiger partial charge is 0.369 e. The van der Waals surface area contributed by atoms with Crippen molar-refractivity contribution < 1.29 is 4.52 Å². The average molecular weight is 433 g/mol. The van der Waals surface area contributed by atoms with E-state index in [4.69, 9.17) is 4.52 Å². The molecule has 2 aliphatic rings. The fourth-order valence-electron chi connectivity index (χ4n) is 4.80. The van der Waals surface area contributed by atoms with Crippen LogP contribution in [0, 0.1) is 12.8 Å². The maximum absolute atomic E-state index is 5.56. The molecule has 0 spiro atoms. The van der Waals surface area contributed by atoms with E-state index in [1.807, 2.05) is 6.20 Å². The second kappa shape index (κ2) is 9.28. The maximum Gasteiger partial charge on any atom is 0.241 e. The number of aryl methyl sites for hydroxylation is 1. The SMILES string of the molecule is Cc1ccccc1N1CCN(Cc2nc(-c3ccc(N4CCCC(C)C4)nc3)no2)CC1. The summed E-state index contributed by atoms with van der Waals surface area (Å²) in [5.74, 6) is 3.04. The Kier molecular flexibility index (Phi) is 6.08. The average Bonchev–Trinajstić information content (AvgIpc) is 3.29. The quantitative estimate of drug-likeness (QED) is 0.604. The highest BCUT2D eigenvalue weighted by molar-refractivity contribution is 5.56. The van der Waals surface area contributed by atoms with Crippen molar-refractivity contribution in [2.24, 2.45) is 5.92 Å². The molecule has 2 fully saturated rings. The third kappa shape index (κ3) is 4.63. The topological polar surface area (TPSA) is 61.5 Å². The normalized spacial score (nSPS) is 20.0. The predicted octanol–water partition coefficient (Wildman–Crippen LogP) is 4.00. The summed E-state index contributed by atoms with van der Waals surface area (Å²) >= 11 is 0. The van der Waals surface area contributed by atoms with Crippen LogP contribution in [0.2, 0.25) is 0 Å². The molecule has 0 aliphatic carbocycles. The fraction of sp³-hybridized carbons (Fsp3) is 0.480. The minimum Gasteiger partial charge on any atom is -0.369 e. The monoisotopic (exact) mass is 432 g/mol. The number of aromatic nitrogens is 3. The first-order chi connectivity index (χ1) is 15.7. The van der Waals surface area contributed by atoms with E-state index in [0.717, 1.165) is 56.6 Å². The van der Waals surface area contributed by atoms with E-state index in [1.165, 1.54) is 24.1 Å². The van der Waals surface area contributed by atoms with Gasteiger partial charge in [0.1, 0.15) is 5.82 Å². The first kappa shape index (κ1) is 20.9. The second-order valence-corrected chi connectivity index (χ2v) is 9.16. The number of anilines is 2. The summed E-state index contributed by atoms with van der Waals surface area (Å²) in [4.78, 5) is 16.5. The number of piperidine rings is 1. The third-order valence-electron chi connectivity index (χ3n) is 6.64. The summed E-state index contributed by atoms with van der Waals surface area (Å²) in [6.45, 7) is 11.3. The Morgan fingerprint density at radius 1 is 1.00 bits per heavy atom. The Balaban J connectivity index is 1.17. The van der Waals surface area contributed by atoms with Gasteiger partial charge in [0, 0.05) is 56.7 Å². The zero-order valence-electron chi connectivity index (χ0n) is 19.1. The van der Waals surface area contributed by atoms with Gasteiger partial charge in [-0.3, -0.25) is 4.90 Å². The Morgan fingerprint density at radius 2 is 1.84 bits per heavy atom. The molecule has 4 heterocycles. The molecule has 2 aromatic heterocycles. The van der Waals surface area contributed by atoms with Crippen molar-refractivity contribution in [3.05, 3.63) is 54.0 Å². The number of para-hydroxylation sites is 1. The van der Waals surface area contributed by atoms with Crippen LogP contribution < -0.4 is 9.80 Å². The van der Waals surface area contributed by atoms with Crippen molar-refractivity contribution in [1.29, 1.82) is 0 Å². The molecule has 3 aromatic rings. The van der Waals surface area contributed by atoms with Crippen molar-refractivity contribution in [3.63, 3.8) is 0 Å². The Labute approximate surface area is 190 Å². The van der Waals surface area contributed by atoms with Crippen LogP contribution >= 0.6 is 0 Å². The minimum absolute atomic E-state index is 0.615. The first-order valence-corrected chi connectivity index (χ1v) is 11.7. The van der Waals surface area contributed by atoms with Crippen LogP contribution in [0.25, 0.3) is 11.4 Å². The zero-order chi connectivity index (χ0) is 21.9. The van der Waals surface area contributed by atoms with Crippen LogP contribution in [0.3, 0.4) is 0 Å².